The number of amides is 1. The van der Waals surface area contributed by atoms with Gasteiger partial charge in [0, 0.05) is 17.7 Å². The highest BCUT2D eigenvalue weighted by Gasteiger charge is 2.23. The van der Waals surface area contributed by atoms with Gasteiger partial charge in [0.15, 0.2) is 6.10 Å². The predicted molar refractivity (Wildman–Crippen MR) is 69.4 cm³/mol. The van der Waals surface area contributed by atoms with Gasteiger partial charge in [-0.05, 0) is 13.0 Å². The van der Waals surface area contributed by atoms with Gasteiger partial charge in [0.2, 0.25) is 0 Å². The van der Waals surface area contributed by atoms with Gasteiger partial charge >= 0.3 is 6.09 Å². The maximum Gasteiger partial charge on any atom is 0.407 e. The molecular weight excluding hydrogens is 248 g/mol. The molecule has 0 bridgehead atoms. The molecule has 0 aromatic heterocycles. The van der Waals surface area contributed by atoms with E-state index in [0.29, 0.717) is 18.0 Å². The molecule has 104 valence electrons. The topological polar surface area (TPSA) is 82.8 Å². The predicted octanol–water partition coefficient (Wildman–Crippen LogP) is 1.20. The average molecular weight is 266 g/mol. The smallest absolute Gasteiger partial charge is 0.407 e. The van der Waals surface area contributed by atoms with Crippen molar-refractivity contribution < 1.29 is 19.0 Å². The summed E-state index contributed by atoms with van der Waals surface area (Å²) in [5.41, 5.74) is 6.78. The Morgan fingerprint density at radius 2 is 2.37 bits per heavy atom. The summed E-state index contributed by atoms with van der Waals surface area (Å²) in [6.07, 6.45) is -0.689. The second-order valence-electron chi connectivity index (χ2n) is 4.41. The van der Waals surface area contributed by atoms with Crippen molar-refractivity contribution in [1.29, 1.82) is 0 Å². The van der Waals surface area contributed by atoms with Gasteiger partial charge in [-0.3, -0.25) is 0 Å². The van der Waals surface area contributed by atoms with Gasteiger partial charge in [-0.25, -0.2) is 4.79 Å². The first-order valence-electron chi connectivity index (χ1n) is 6.11. The third kappa shape index (κ3) is 3.29. The summed E-state index contributed by atoms with van der Waals surface area (Å²) in [5, 5.41) is 2.58. The SMILES string of the molecule is COc1ccc([C@H](C)N)c(OCC2CNC(=O)O2)c1. The monoisotopic (exact) mass is 266 g/mol. The van der Waals surface area contributed by atoms with Crippen LogP contribution in [0.2, 0.25) is 0 Å². The number of hydrogen-bond acceptors (Lipinski definition) is 5. The number of nitrogens with two attached hydrogens (primary N) is 1. The van der Waals surface area contributed by atoms with Crippen LogP contribution in [0.5, 0.6) is 11.5 Å². The Kier molecular flexibility index (Phi) is 4.11. The van der Waals surface area contributed by atoms with Crippen LogP contribution in [0.25, 0.3) is 0 Å². The fourth-order valence-electron chi connectivity index (χ4n) is 1.85. The molecule has 0 saturated carbocycles. The lowest BCUT2D eigenvalue weighted by Crippen LogP contribution is -2.22. The van der Waals surface area contributed by atoms with E-state index in [2.05, 4.69) is 5.32 Å². The molecule has 6 nitrogen and oxygen atoms in total. The van der Waals surface area contributed by atoms with Gasteiger partial charge in [-0.15, -0.1) is 0 Å². The normalized spacial score (nSPS) is 19.5. The second-order valence-corrected chi connectivity index (χ2v) is 4.41. The molecule has 3 N–H and O–H groups in total. The Balaban J connectivity index is 2.06. The van der Waals surface area contributed by atoms with Crippen molar-refractivity contribution in [1.82, 2.24) is 5.32 Å². The van der Waals surface area contributed by atoms with Crippen molar-refractivity contribution in [3.05, 3.63) is 23.8 Å². The van der Waals surface area contributed by atoms with Crippen LogP contribution >= 0.6 is 0 Å². The molecule has 0 aliphatic carbocycles. The summed E-state index contributed by atoms with van der Waals surface area (Å²) in [4.78, 5) is 10.9. The Bertz CT molecular complexity index is 462. The zero-order chi connectivity index (χ0) is 13.8. The third-order valence-corrected chi connectivity index (χ3v) is 2.88. The van der Waals surface area contributed by atoms with E-state index in [0.717, 1.165) is 5.56 Å². The standard InChI is InChI=1S/C13H18N2O4/c1-8(14)11-4-3-9(17-2)5-12(11)18-7-10-6-15-13(16)19-10/h3-5,8,10H,6-7,14H2,1-2H3,(H,15,16)/t8-,10?/m0/s1. The largest absolute Gasteiger partial charge is 0.497 e. The summed E-state index contributed by atoms with van der Waals surface area (Å²) in [5.74, 6) is 1.35. The molecule has 1 heterocycles. The Labute approximate surface area is 111 Å². The fourth-order valence-corrected chi connectivity index (χ4v) is 1.85. The van der Waals surface area contributed by atoms with Gasteiger partial charge < -0.3 is 25.3 Å². The molecule has 1 fully saturated rings. The van der Waals surface area contributed by atoms with Crippen molar-refractivity contribution in [2.75, 3.05) is 20.3 Å². The van der Waals surface area contributed by atoms with E-state index in [1.807, 2.05) is 19.1 Å². The van der Waals surface area contributed by atoms with E-state index >= 15 is 0 Å². The van der Waals surface area contributed by atoms with Gasteiger partial charge in [0.05, 0.1) is 13.7 Å². The molecule has 19 heavy (non-hydrogen) atoms. The summed E-state index contributed by atoms with van der Waals surface area (Å²) >= 11 is 0. The van der Waals surface area contributed by atoms with Gasteiger partial charge in [0.25, 0.3) is 0 Å². The molecule has 6 heteroatoms. The molecule has 1 saturated heterocycles. The van der Waals surface area contributed by atoms with Gasteiger partial charge in [-0.1, -0.05) is 6.07 Å². The molecular formula is C13H18N2O4. The number of ether oxygens (including phenoxy) is 3. The van der Waals surface area contributed by atoms with Crippen molar-refractivity contribution in [3.8, 4) is 11.5 Å². The van der Waals surface area contributed by atoms with Crippen LogP contribution < -0.4 is 20.5 Å². The molecule has 1 aromatic carbocycles. The summed E-state index contributed by atoms with van der Waals surface area (Å²) in [7, 11) is 1.59. The summed E-state index contributed by atoms with van der Waals surface area (Å²) in [6, 6.07) is 5.34. The molecule has 0 spiro atoms. The zero-order valence-electron chi connectivity index (χ0n) is 11.0. The van der Waals surface area contributed by atoms with E-state index in [1.165, 1.54) is 0 Å². The van der Waals surface area contributed by atoms with Crippen molar-refractivity contribution >= 4 is 6.09 Å². The minimum atomic E-state index is -0.411. The van der Waals surface area contributed by atoms with Crippen LogP contribution in [0.15, 0.2) is 18.2 Å². The minimum Gasteiger partial charge on any atom is -0.497 e. The number of rotatable bonds is 5. The third-order valence-electron chi connectivity index (χ3n) is 2.88. The Morgan fingerprint density at radius 1 is 1.58 bits per heavy atom. The number of nitrogens with one attached hydrogen (secondary N) is 1. The first kappa shape index (κ1) is 13.5. The van der Waals surface area contributed by atoms with Crippen LogP contribution in [0.4, 0.5) is 4.79 Å². The van der Waals surface area contributed by atoms with Crippen molar-refractivity contribution in [2.45, 2.75) is 19.1 Å². The van der Waals surface area contributed by atoms with E-state index in [1.54, 1.807) is 13.2 Å². The highest BCUT2D eigenvalue weighted by molar-refractivity contribution is 5.69. The molecule has 2 atom stereocenters. The Morgan fingerprint density at radius 3 is 2.95 bits per heavy atom. The first-order valence-corrected chi connectivity index (χ1v) is 6.11. The number of carbonyl (C=O) groups excluding carboxylic acids is 1. The first-order chi connectivity index (χ1) is 9.10. The molecule has 1 aliphatic heterocycles. The van der Waals surface area contributed by atoms with Crippen molar-refractivity contribution in [2.24, 2.45) is 5.73 Å². The quantitative estimate of drug-likeness (QED) is 0.836. The number of hydrogen-bond donors (Lipinski definition) is 2. The lowest BCUT2D eigenvalue weighted by molar-refractivity contribution is 0.104. The second kappa shape index (κ2) is 5.79. The molecule has 2 rings (SSSR count). The Hall–Kier alpha value is -1.95. The number of alkyl carbamates (subject to hydrolysis) is 1. The van der Waals surface area contributed by atoms with Crippen LogP contribution in [-0.2, 0) is 4.74 Å². The maximum atomic E-state index is 10.9. The maximum absolute atomic E-state index is 10.9. The van der Waals surface area contributed by atoms with E-state index in [9.17, 15) is 4.79 Å². The van der Waals surface area contributed by atoms with E-state index in [-0.39, 0.29) is 18.8 Å². The van der Waals surface area contributed by atoms with E-state index < -0.39 is 6.09 Å². The number of cyclic esters (lactones) is 1. The van der Waals surface area contributed by atoms with Crippen LogP contribution in [-0.4, -0.2) is 32.5 Å². The van der Waals surface area contributed by atoms with Crippen molar-refractivity contribution in [3.63, 3.8) is 0 Å². The lowest BCUT2D eigenvalue weighted by atomic mass is 10.1. The zero-order valence-corrected chi connectivity index (χ0v) is 11.0. The molecule has 1 unspecified atom stereocenters. The fraction of sp³-hybridized carbons (Fsp3) is 0.462. The summed E-state index contributed by atoms with van der Waals surface area (Å²) < 4.78 is 15.9. The molecule has 1 aromatic rings. The number of methoxy groups -OCH3 is 1. The van der Waals surface area contributed by atoms with Gasteiger partial charge in [-0.2, -0.15) is 0 Å². The molecule has 1 aliphatic rings. The molecule has 1 amide bonds. The average Bonchev–Trinajstić information content (AvgIpc) is 2.81. The lowest BCUT2D eigenvalue weighted by Gasteiger charge is -2.16. The molecule has 0 radical (unpaired) electrons. The number of carbonyl (C=O) groups is 1. The van der Waals surface area contributed by atoms with Crippen LogP contribution in [0, 0.1) is 0 Å². The summed E-state index contributed by atoms with van der Waals surface area (Å²) in [6.45, 7) is 2.62. The number of benzene rings is 1. The highest BCUT2D eigenvalue weighted by Crippen LogP contribution is 2.28. The van der Waals surface area contributed by atoms with Gasteiger partial charge in [0.1, 0.15) is 18.1 Å². The van der Waals surface area contributed by atoms with E-state index in [4.69, 9.17) is 19.9 Å². The van der Waals surface area contributed by atoms with Crippen LogP contribution in [0.3, 0.4) is 0 Å². The highest BCUT2D eigenvalue weighted by atomic mass is 16.6. The minimum absolute atomic E-state index is 0.148. The van der Waals surface area contributed by atoms with Crippen LogP contribution in [0.1, 0.15) is 18.5 Å².